The highest BCUT2D eigenvalue weighted by molar-refractivity contribution is 6.08. The number of hydrogen-bond donors (Lipinski definition) is 4. The van der Waals surface area contributed by atoms with Gasteiger partial charge in [-0.15, -0.1) is 0 Å². The van der Waals surface area contributed by atoms with Gasteiger partial charge in [-0.25, -0.2) is 9.97 Å². The second kappa shape index (κ2) is 13.9. The fourth-order valence-electron chi connectivity index (χ4n) is 5.67. The molecule has 4 amide bonds. The summed E-state index contributed by atoms with van der Waals surface area (Å²) in [5.74, 6) is -1.88. The maximum atomic E-state index is 13.8. The van der Waals surface area contributed by atoms with Gasteiger partial charge in [0.2, 0.25) is 17.7 Å². The molecule has 0 radical (unpaired) electrons. The highest BCUT2D eigenvalue weighted by atomic mass is 16.3. The molecule has 2 bridgehead atoms. The zero-order valence-corrected chi connectivity index (χ0v) is 26.7. The highest BCUT2D eigenvalue weighted by Gasteiger charge is 2.32. The number of aromatic nitrogens is 4. The molecule has 0 unspecified atom stereocenters. The van der Waals surface area contributed by atoms with Crippen molar-refractivity contribution in [2.75, 3.05) is 6.54 Å². The van der Waals surface area contributed by atoms with Crippen LogP contribution < -0.4 is 21.3 Å². The third-order valence-corrected chi connectivity index (χ3v) is 8.07. The fourth-order valence-corrected chi connectivity index (χ4v) is 5.67. The molecule has 0 saturated heterocycles. The van der Waals surface area contributed by atoms with E-state index in [-0.39, 0.29) is 23.9 Å². The van der Waals surface area contributed by atoms with Crippen molar-refractivity contribution in [2.24, 2.45) is 13.0 Å². The SMILES string of the molecule is Cc1cc(C(=O)N[C@H]2CCCCNC(=O)c3coc(n3)[C@@H](Cc3ccccc3)NC(=O)[C@H](C(C)C)NC2=O)c2c(C)nn(C)c2n1. The van der Waals surface area contributed by atoms with Crippen molar-refractivity contribution in [3.05, 3.63) is 76.8 Å². The van der Waals surface area contributed by atoms with E-state index in [1.807, 2.05) is 44.2 Å². The molecular formula is C33H40N8O5. The molecule has 0 aliphatic carbocycles. The van der Waals surface area contributed by atoms with E-state index in [1.54, 1.807) is 31.6 Å². The Morgan fingerprint density at radius 2 is 1.83 bits per heavy atom. The predicted octanol–water partition coefficient (Wildman–Crippen LogP) is 2.83. The number of fused-ring (bicyclic) bond motifs is 3. The van der Waals surface area contributed by atoms with E-state index in [0.717, 1.165) is 5.56 Å². The van der Waals surface area contributed by atoms with Gasteiger partial charge in [0, 0.05) is 25.7 Å². The quantitative estimate of drug-likeness (QED) is 0.261. The summed E-state index contributed by atoms with van der Waals surface area (Å²) in [4.78, 5) is 63.1. The molecule has 0 spiro atoms. The summed E-state index contributed by atoms with van der Waals surface area (Å²) in [5.41, 5.74) is 3.25. The molecule has 0 fully saturated rings. The standard InChI is InChI=1S/C33H40N8O5/c1-18(2)27-32(45)37-24(16-21-11-7-6-8-12-21)33-38-25(17-46-33)30(43)34-14-10-9-13-23(31(44)39-27)36-29(42)22-15-19(3)35-28-26(22)20(4)40-41(28)5/h6-8,11-12,15,17-18,23-24,27H,9-10,13-14,16H2,1-5H3,(H,34,43)(H,36,42)(H,37,45)(H,39,44)/t23-,24+,27-/m0/s1. The number of rotatable bonds is 5. The monoisotopic (exact) mass is 628 g/mol. The molecule has 1 aromatic carbocycles. The number of nitrogens with zero attached hydrogens (tertiary/aromatic N) is 4. The van der Waals surface area contributed by atoms with Crippen LogP contribution in [-0.4, -0.2) is 62.0 Å². The Bertz CT molecular complexity index is 1750. The third-order valence-electron chi connectivity index (χ3n) is 8.07. The maximum Gasteiger partial charge on any atom is 0.273 e. The summed E-state index contributed by atoms with van der Waals surface area (Å²) >= 11 is 0. The average Bonchev–Trinajstić information content (AvgIpc) is 3.62. The van der Waals surface area contributed by atoms with Crippen molar-refractivity contribution < 1.29 is 23.6 Å². The van der Waals surface area contributed by atoms with E-state index in [9.17, 15) is 19.2 Å². The number of carbonyl (C=O) groups excluding carboxylic acids is 4. The third kappa shape index (κ3) is 7.24. The largest absolute Gasteiger partial charge is 0.446 e. The lowest BCUT2D eigenvalue weighted by Gasteiger charge is -2.27. The number of oxazole rings is 1. The summed E-state index contributed by atoms with van der Waals surface area (Å²) in [5, 5.41) is 16.6. The molecule has 3 aromatic heterocycles. The van der Waals surface area contributed by atoms with Crippen LogP contribution in [0.25, 0.3) is 11.0 Å². The molecule has 4 aromatic rings. The van der Waals surface area contributed by atoms with Gasteiger partial charge < -0.3 is 25.7 Å². The summed E-state index contributed by atoms with van der Waals surface area (Å²) in [6, 6.07) is 8.61. The van der Waals surface area contributed by atoms with Gasteiger partial charge in [0.1, 0.15) is 24.4 Å². The van der Waals surface area contributed by atoms with E-state index in [4.69, 9.17) is 4.42 Å². The van der Waals surface area contributed by atoms with Crippen LogP contribution in [0.4, 0.5) is 0 Å². The lowest BCUT2D eigenvalue weighted by molar-refractivity contribution is -0.131. The van der Waals surface area contributed by atoms with Crippen LogP contribution in [0.2, 0.25) is 0 Å². The van der Waals surface area contributed by atoms with E-state index < -0.39 is 41.8 Å². The van der Waals surface area contributed by atoms with Gasteiger partial charge in [-0.05, 0) is 50.7 Å². The first-order chi connectivity index (χ1) is 22.0. The van der Waals surface area contributed by atoms with Crippen molar-refractivity contribution in [1.82, 2.24) is 41.0 Å². The molecule has 4 N–H and O–H groups in total. The first-order valence-electron chi connectivity index (χ1n) is 15.5. The minimum absolute atomic E-state index is 0.109. The van der Waals surface area contributed by atoms with Gasteiger partial charge in [-0.1, -0.05) is 44.2 Å². The van der Waals surface area contributed by atoms with Crippen LogP contribution >= 0.6 is 0 Å². The Kier molecular flexibility index (Phi) is 9.78. The Morgan fingerprint density at radius 3 is 2.57 bits per heavy atom. The van der Waals surface area contributed by atoms with Crippen LogP contribution in [0.15, 0.2) is 47.1 Å². The van der Waals surface area contributed by atoms with Crippen LogP contribution in [0, 0.1) is 19.8 Å². The van der Waals surface area contributed by atoms with Gasteiger partial charge in [0.05, 0.1) is 16.6 Å². The number of hydrogen-bond acceptors (Lipinski definition) is 8. The minimum Gasteiger partial charge on any atom is -0.446 e. The molecule has 5 rings (SSSR count). The van der Waals surface area contributed by atoms with Gasteiger partial charge in [0.15, 0.2) is 11.3 Å². The first kappa shape index (κ1) is 32.3. The average molecular weight is 629 g/mol. The van der Waals surface area contributed by atoms with Crippen molar-refractivity contribution in [3.8, 4) is 0 Å². The molecule has 13 nitrogen and oxygen atoms in total. The second-order valence-corrected chi connectivity index (χ2v) is 12.0. The molecule has 1 aliphatic rings. The smallest absolute Gasteiger partial charge is 0.273 e. The Labute approximate surface area is 266 Å². The number of nitrogens with one attached hydrogen (secondary N) is 4. The summed E-state index contributed by atoms with van der Waals surface area (Å²) < 4.78 is 7.30. The highest BCUT2D eigenvalue weighted by Crippen LogP contribution is 2.23. The molecule has 4 heterocycles. The summed E-state index contributed by atoms with van der Waals surface area (Å²) in [7, 11) is 1.76. The molecular weight excluding hydrogens is 588 g/mol. The van der Waals surface area contributed by atoms with Gasteiger partial charge in [-0.2, -0.15) is 5.10 Å². The molecule has 13 heteroatoms. The lowest BCUT2D eigenvalue weighted by atomic mass is 10.00. The Morgan fingerprint density at radius 1 is 1.07 bits per heavy atom. The molecule has 242 valence electrons. The zero-order valence-electron chi connectivity index (χ0n) is 26.7. The topological polar surface area (TPSA) is 173 Å². The van der Waals surface area contributed by atoms with Gasteiger partial charge in [0.25, 0.3) is 11.8 Å². The molecule has 46 heavy (non-hydrogen) atoms. The first-order valence-corrected chi connectivity index (χ1v) is 15.5. The van der Waals surface area contributed by atoms with Crippen LogP contribution in [0.3, 0.4) is 0 Å². The van der Waals surface area contributed by atoms with Crippen molar-refractivity contribution >= 4 is 34.7 Å². The summed E-state index contributed by atoms with van der Waals surface area (Å²) in [6.45, 7) is 7.60. The van der Waals surface area contributed by atoms with Gasteiger partial charge in [-0.3, -0.25) is 23.9 Å². The van der Waals surface area contributed by atoms with Crippen molar-refractivity contribution in [3.63, 3.8) is 0 Å². The van der Waals surface area contributed by atoms with Gasteiger partial charge >= 0.3 is 0 Å². The second-order valence-electron chi connectivity index (χ2n) is 12.0. The predicted molar refractivity (Wildman–Crippen MR) is 170 cm³/mol. The van der Waals surface area contributed by atoms with Crippen LogP contribution in [-0.2, 0) is 23.1 Å². The molecule has 0 saturated carbocycles. The van der Waals surface area contributed by atoms with Crippen molar-refractivity contribution in [2.45, 2.75) is 71.5 Å². The van der Waals surface area contributed by atoms with Crippen molar-refractivity contribution in [1.29, 1.82) is 0 Å². The Balaban J connectivity index is 1.43. The molecule has 3 atom stereocenters. The number of carbonyl (C=O) groups is 4. The maximum absolute atomic E-state index is 13.8. The lowest BCUT2D eigenvalue weighted by Crippen LogP contribution is -2.56. The Hall–Kier alpha value is -5.07. The van der Waals surface area contributed by atoms with E-state index >= 15 is 0 Å². The number of benzene rings is 1. The fraction of sp³-hybridized carbons (Fsp3) is 0.424. The van der Waals surface area contributed by atoms with E-state index in [0.29, 0.717) is 53.8 Å². The summed E-state index contributed by atoms with van der Waals surface area (Å²) in [6.07, 6.45) is 2.96. The number of pyridine rings is 1. The molecule has 1 aliphatic heterocycles. The number of amides is 4. The van der Waals surface area contributed by atoms with E-state index in [2.05, 4.69) is 36.3 Å². The number of aryl methyl sites for hydroxylation is 3. The minimum atomic E-state index is -0.947. The van der Waals surface area contributed by atoms with E-state index in [1.165, 1.54) is 6.26 Å². The van der Waals surface area contributed by atoms with Crippen LogP contribution in [0.5, 0.6) is 0 Å². The normalized spacial score (nSPS) is 19.9. The zero-order chi connectivity index (χ0) is 33.0. The van der Waals surface area contributed by atoms with Crippen LogP contribution in [0.1, 0.15) is 82.8 Å².